The third-order valence-electron chi connectivity index (χ3n) is 10.3. The van der Waals surface area contributed by atoms with Gasteiger partial charge in [0.25, 0.3) is 0 Å². The van der Waals surface area contributed by atoms with Gasteiger partial charge in [0.1, 0.15) is 5.60 Å². The van der Waals surface area contributed by atoms with Crippen LogP contribution in [0.1, 0.15) is 59.3 Å². The van der Waals surface area contributed by atoms with E-state index in [1.807, 2.05) is 6.08 Å². The monoisotopic (exact) mass is 408 g/mol. The van der Waals surface area contributed by atoms with Crippen LogP contribution in [0, 0.1) is 64.1 Å². The standard InChI is InChI=1S/C26H32O4/c1-4-30-21(28)7-10-26(29)20-13-17(20)23-22-16-12-15(16)19-11-14(27)5-8-24(19,2)18(22)6-9-25(23,26)3/h11,15-18,20,22-23,29H,4-6,8-9,12-13H2,1-3H3/t15-,16+,17?,18?,20+,22?,23?,24-,25+,26+/m1/s1. The van der Waals surface area contributed by atoms with Crippen molar-refractivity contribution in [2.75, 3.05) is 6.61 Å². The number of fused-ring (bicyclic) bond motifs is 10. The topological polar surface area (TPSA) is 63.6 Å². The summed E-state index contributed by atoms with van der Waals surface area (Å²) in [6, 6.07) is 0. The second-order valence-corrected chi connectivity index (χ2v) is 11.4. The van der Waals surface area contributed by atoms with Crippen LogP contribution < -0.4 is 0 Å². The number of carbonyl (C=O) groups excluding carboxylic acids is 2. The summed E-state index contributed by atoms with van der Waals surface area (Å²) < 4.78 is 5.00. The van der Waals surface area contributed by atoms with Gasteiger partial charge in [-0.3, -0.25) is 4.79 Å². The number of esters is 1. The first-order chi connectivity index (χ1) is 14.2. The minimum Gasteiger partial charge on any atom is -0.456 e. The van der Waals surface area contributed by atoms with Crippen molar-refractivity contribution < 1.29 is 19.4 Å². The molecule has 6 rings (SSSR count). The van der Waals surface area contributed by atoms with E-state index in [0.29, 0.717) is 54.3 Å². The summed E-state index contributed by atoms with van der Waals surface area (Å²) in [6.45, 7) is 6.75. The highest BCUT2D eigenvalue weighted by atomic mass is 16.5. The summed E-state index contributed by atoms with van der Waals surface area (Å²) in [5, 5.41) is 11.9. The number of ketones is 1. The van der Waals surface area contributed by atoms with Gasteiger partial charge in [-0.05, 0) is 86.0 Å². The van der Waals surface area contributed by atoms with Crippen LogP contribution in [0.5, 0.6) is 0 Å². The highest BCUT2D eigenvalue weighted by molar-refractivity contribution is 5.92. The second-order valence-electron chi connectivity index (χ2n) is 11.4. The Bertz CT molecular complexity index is 938. The van der Waals surface area contributed by atoms with E-state index in [2.05, 4.69) is 25.7 Å². The molecular weight excluding hydrogens is 376 g/mol. The predicted molar refractivity (Wildman–Crippen MR) is 111 cm³/mol. The second kappa shape index (κ2) is 5.80. The van der Waals surface area contributed by atoms with Gasteiger partial charge in [0.05, 0.1) is 6.61 Å². The lowest BCUT2D eigenvalue weighted by Gasteiger charge is -2.59. The van der Waals surface area contributed by atoms with E-state index >= 15 is 0 Å². The van der Waals surface area contributed by atoms with Gasteiger partial charge in [-0.15, -0.1) is 0 Å². The van der Waals surface area contributed by atoms with E-state index < -0.39 is 11.6 Å². The van der Waals surface area contributed by atoms with Crippen molar-refractivity contribution in [3.8, 4) is 11.8 Å². The maximum Gasteiger partial charge on any atom is 0.384 e. The number of ether oxygens (including phenoxy) is 1. The summed E-state index contributed by atoms with van der Waals surface area (Å²) >= 11 is 0. The number of carbonyl (C=O) groups is 2. The van der Waals surface area contributed by atoms with E-state index in [-0.39, 0.29) is 16.7 Å². The van der Waals surface area contributed by atoms with Gasteiger partial charge < -0.3 is 9.84 Å². The van der Waals surface area contributed by atoms with Crippen molar-refractivity contribution >= 4 is 11.8 Å². The van der Waals surface area contributed by atoms with E-state index in [1.54, 1.807) is 6.92 Å². The molecule has 160 valence electrons. The molecule has 0 bridgehead atoms. The predicted octanol–water partition coefficient (Wildman–Crippen LogP) is 3.53. The van der Waals surface area contributed by atoms with Crippen molar-refractivity contribution in [2.24, 2.45) is 52.3 Å². The lowest BCUT2D eigenvalue weighted by atomic mass is 9.45. The SMILES string of the molecule is CCOC(=O)C#C[C@]1(O)[C@H]2CC2C2C3C(CC[C@@]21C)[C@@]1(C)CCC(=O)C=C1[C@@H]1C[C@H]31. The first kappa shape index (κ1) is 19.1. The van der Waals surface area contributed by atoms with Crippen LogP contribution in [0.2, 0.25) is 0 Å². The van der Waals surface area contributed by atoms with Crippen molar-refractivity contribution in [3.05, 3.63) is 11.6 Å². The number of hydrogen-bond acceptors (Lipinski definition) is 4. The molecule has 1 N–H and O–H groups in total. The summed E-state index contributed by atoms with van der Waals surface area (Å²) in [6.07, 6.45) is 7.98. The molecule has 0 saturated heterocycles. The van der Waals surface area contributed by atoms with Gasteiger partial charge in [-0.1, -0.05) is 25.3 Å². The molecule has 0 aromatic heterocycles. The van der Waals surface area contributed by atoms with Crippen LogP contribution in [0.25, 0.3) is 0 Å². The van der Waals surface area contributed by atoms with E-state index in [9.17, 15) is 14.7 Å². The molecule has 0 radical (unpaired) electrons. The van der Waals surface area contributed by atoms with E-state index in [0.717, 1.165) is 25.7 Å². The van der Waals surface area contributed by atoms with Gasteiger partial charge in [0, 0.05) is 23.7 Å². The zero-order chi connectivity index (χ0) is 21.1. The van der Waals surface area contributed by atoms with Gasteiger partial charge in [0.15, 0.2) is 5.78 Å². The Morgan fingerprint density at radius 1 is 1.23 bits per heavy atom. The molecule has 6 aliphatic carbocycles. The Kier molecular flexibility index (Phi) is 3.69. The van der Waals surface area contributed by atoms with Crippen molar-refractivity contribution in [1.29, 1.82) is 0 Å². The van der Waals surface area contributed by atoms with Crippen LogP contribution in [0.3, 0.4) is 0 Å². The van der Waals surface area contributed by atoms with Crippen LogP contribution in [0.15, 0.2) is 11.6 Å². The molecular formula is C26H32O4. The van der Waals surface area contributed by atoms with Gasteiger partial charge in [-0.25, -0.2) is 4.79 Å². The molecule has 0 aromatic rings. The largest absolute Gasteiger partial charge is 0.456 e. The van der Waals surface area contributed by atoms with Crippen molar-refractivity contribution in [2.45, 2.75) is 64.9 Å². The molecule has 30 heavy (non-hydrogen) atoms. The zero-order valence-corrected chi connectivity index (χ0v) is 18.2. The Labute approximate surface area is 178 Å². The summed E-state index contributed by atoms with van der Waals surface area (Å²) in [5.74, 6) is 9.16. The first-order valence-corrected chi connectivity index (χ1v) is 11.9. The lowest BCUT2D eigenvalue weighted by molar-refractivity contribution is -0.136. The van der Waals surface area contributed by atoms with Crippen LogP contribution in [-0.2, 0) is 14.3 Å². The third kappa shape index (κ3) is 2.18. The maximum absolute atomic E-state index is 12.2. The number of allylic oxidation sites excluding steroid dienone is 1. The lowest BCUT2D eigenvalue weighted by Crippen LogP contribution is -2.57. The molecule has 0 amide bonds. The van der Waals surface area contributed by atoms with Crippen molar-refractivity contribution in [1.82, 2.24) is 0 Å². The molecule has 10 atom stereocenters. The number of rotatable bonds is 1. The maximum atomic E-state index is 12.2. The fraction of sp³-hybridized carbons (Fsp3) is 0.769. The molecule has 0 heterocycles. The smallest absolute Gasteiger partial charge is 0.384 e. The molecule has 6 aliphatic rings. The van der Waals surface area contributed by atoms with Crippen LogP contribution >= 0.6 is 0 Å². The number of aliphatic hydroxyl groups is 1. The number of hydrogen-bond donors (Lipinski definition) is 1. The van der Waals surface area contributed by atoms with Crippen molar-refractivity contribution in [3.63, 3.8) is 0 Å². The fourth-order valence-corrected chi connectivity index (χ4v) is 8.93. The molecule has 0 spiro atoms. The Morgan fingerprint density at radius 2 is 2.03 bits per heavy atom. The van der Waals surface area contributed by atoms with Crippen LogP contribution in [0.4, 0.5) is 0 Å². The summed E-state index contributed by atoms with van der Waals surface area (Å²) in [5.41, 5.74) is 0.274. The molecule has 5 fully saturated rings. The summed E-state index contributed by atoms with van der Waals surface area (Å²) in [4.78, 5) is 24.1. The van der Waals surface area contributed by atoms with E-state index in [4.69, 9.17) is 4.74 Å². The Morgan fingerprint density at radius 3 is 2.80 bits per heavy atom. The summed E-state index contributed by atoms with van der Waals surface area (Å²) in [7, 11) is 0. The molecule has 0 aromatic carbocycles. The molecule has 4 nitrogen and oxygen atoms in total. The Balaban J connectivity index is 1.38. The first-order valence-electron chi connectivity index (χ1n) is 11.9. The molecule has 4 unspecified atom stereocenters. The van der Waals surface area contributed by atoms with E-state index in [1.165, 1.54) is 12.0 Å². The van der Waals surface area contributed by atoms with Gasteiger partial charge >= 0.3 is 5.97 Å². The van der Waals surface area contributed by atoms with Crippen LogP contribution in [-0.4, -0.2) is 29.1 Å². The van der Waals surface area contributed by atoms with Gasteiger partial charge in [-0.2, -0.15) is 0 Å². The molecule has 0 aliphatic heterocycles. The molecule has 5 saturated carbocycles. The quantitative estimate of drug-likeness (QED) is 0.410. The highest BCUT2D eigenvalue weighted by Crippen LogP contribution is 2.80. The van der Waals surface area contributed by atoms with Gasteiger partial charge in [0.2, 0.25) is 0 Å². The average molecular weight is 409 g/mol. The normalized spacial score (nSPS) is 54.2. The minimum absolute atomic E-state index is 0.152. The molecule has 4 heteroatoms. The Hall–Kier alpha value is -1.60. The average Bonchev–Trinajstić information content (AvgIpc) is 3.60. The highest BCUT2D eigenvalue weighted by Gasteiger charge is 2.78. The zero-order valence-electron chi connectivity index (χ0n) is 18.2. The third-order valence-corrected chi connectivity index (χ3v) is 10.3. The minimum atomic E-state index is -1.08. The fourth-order valence-electron chi connectivity index (χ4n) is 8.93.